The predicted molar refractivity (Wildman–Crippen MR) is 98.2 cm³/mol. The number of aromatic nitrogens is 3. The third kappa shape index (κ3) is 4.07. The molecule has 1 aromatic carbocycles. The SMILES string of the molecule is CC(C)=CNC(=O)Nc1cccc([C@H](c2nncn2C)C2CCC2)c1. The van der Waals surface area contributed by atoms with Gasteiger partial charge < -0.3 is 15.2 Å². The number of nitrogens with zero attached hydrogens (tertiary/aromatic N) is 3. The van der Waals surface area contributed by atoms with Crippen LogP contribution in [0, 0.1) is 5.92 Å². The molecule has 1 aromatic heterocycles. The summed E-state index contributed by atoms with van der Waals surface area (Å²) >= 11 is 0. The van der Waals surface area contributed by atoms with E-state index in [1.807, 2.05) is 43.7 Å². The van der Waals surface area contributed by atoms with E-state index >= 15 is 0 Å². The molecule has 0 spiro atoms. The maximum absolute atomic E-state index is 12.0. The van der Waals surface area contributed by atoms with Crippen molar-refractivity contribution in [1.82, 2.24) is 20.1 Å². The summed E-state index contributed by atoms with van der Waals surface area (Å²) < 4.78 is 1.99. The predicted octanol–water partition coefficient (Wildman–Crippen LogP) is 3.79. The molecule has 0 radical (unpaired) electrons. The molecule has 1 aliphatic carbocycles. The van der Waals surface area contributed by atoms with Gasteiger partial charge in [-0.25, -0.2) is 4.79 Å². The Morgan fingerprint density at radius 3 is 2.76 bits per heavy atom. The van der Waals surface area contributed by atoms with Gasteiger partial charge in [0.05, 0.1) is 0 Å². The summed E-state index contributed by atoms with van der Waals surface area (Å²) in [6, 6.07) is 7.79. The Morgan fingerprint density at radius 1 is 1.36 bits per heavy atom. The average molecular weight is 339 g/mol. The normalized spacial score (nSPS) is 15.2. The molecule has 0 aliphatic heterocycles. The zero-order valence-electron chi connectivity index (χ0n) is 15.0. The summed E-state index contributed by atoms with van der Waals surface area (Å²) in [4.78, 5) is 12.0. The number of urea groups is 1. The number of nitrogens with one attached hydrogen (secondary N) is 2. The fraction of sp³-hybridized carbons (Fsp3) is 0.421. The summed E-state index contributed by atoms with van der Waals surface area (Å²) in [6.07, 6.45) is 7.11. The van der Waals surface area contributed by atoms with Crippen molar-refractivity contribution >= 4 is 11.7 Å². The van der Waals surface area contributed by atoms with Gasteiger partial charge in [-0.15, -0.1) is 10.2 Å². The highest BCUT2D eigenvalue weighted by molar-refractivity contribution is 5.90. The number of benzene rings is 1. The number of aryl methyl sites for hydroxylation is 1. The first-order valence-corrected chi connectivity index (χ1v) is 8.69. The van der Waals surface area contributed by atoms with E-state index in [0.29, 0.717) is 5.92 Å². The summed E-state index contributed by atoms with van der Waals surface area (Å²) in [5.74, 6) is 1.78. The molecule has 1 aliphatic rings. The Hall–Kier alpha value is -2.63. The quantitative estimate of drug-likeness (QED) is 0.870. The Labute approximate surface area is 148 Å². The third-order valence-electron chi connectivity index (χ3n) is 4.64. The molecule has 0 unspecified atom stereocenters. The Kier molecular flexibility index (Phi) is 5.16. The van der Waals surface area contributed by atoms with Gasteiger partial charge in [-0.1, -0.05) is 24.1 Å². The van der Waals surface area contributed by atoms with E-state index in [1.165, 1.54) is 24.8 Å². The number of anilines is 1. The van der Waals surface area contributed by atoms with Crippen molar-refractivity contribution in [3.05, 3.63) is 53.8 Å². The van der Waals surface area contributed by atoms with Crippen molar-refractivity contribution in [2.75, 3.05) is 5.32 Å². The van der Waals surface area contributed by atoms with Gasteiger partial charge in [0.2, 0.25) is 0 Å². The summed E-state index contributed by atoms with van der Waals surface area (Å²) in [5, 5.41) is 14.0. The van der Waals surface area contributed by atoms with Gasteiger partial charge in [0.1, 0.15) is 12.2 Å². The number of hydrogen-bond acceptors (Lipinski definition) is 3. The standard InChI is InChI=1S/C19H25N5O/c1-13(2)11-20-19(25)22-16-9-5-8-15(10-16)17(14-6-4-7-14)18-23-21-12-24(18)3/h5,8-12,14,17H,4,6-7H2,1-3H3,(H2,20,22,25)/t17-/m1/s1. The smallest absolute Gasteiger partial charge is 0.320 e. The monoisotopic (exact) mass is 339 g/mol. The van der Waals surface area contributed by atoms with Gasteiger partial charge in [0.15, 0.2) is 0 Å². The minimum absolute atomic E-state index is 0.212. The van der Waals surface area contributed by atoms with E-state index in [0.717, 1.165) is 17.1 Å². The number of carbonyl (C=O) groups is 1. The molecule has 1 heterocycles. The van der Waals surface area contributed by atoms with Crippen LogP contribution in [0.25, 0.3) is 0 Å². The molecule has 1 fully saturated rings. The molecule has 2 aromatic rings. The van der Waals surface area contributed by atoms with Crippen LogP contribution in [0.1, 0.15) is 50.4 Å². The molecule has 25 heavy (non-hydrogen) atoms. The molecular weight excluding hydrogens is 314 g/mol. The average Bonchev–Trinajstić information content (AvgIpc) is 2.94. The molecule has 0 saturated heterocycles. The molecule has 3 rings (SSSR count). The number of amides is 2. The second kappa shape index (κ2) is 7.51. The summed E-state index contributed by atoms with van der Waals surface area (Å²) in [7, 11) is 1.98. The van der Waals surface area contributed by atoms with Crippen molar-refractivity contribution in [2.45, 2.75) is 39.0 Å². The van der Waals surface area contributed by atoms with Gasteiger partial charge >= 0.3 is 6.03 Å². The first kappa shape index (κ1) is 17.2. The van der Waals surface area contributed by atoms with Crippen LogP contribution in [-0.4, -0.2) is 20.8 Å². The molecule has 2 amide bonds. The summed E-state index contributed by atoms with van der Waals surface area (Å²) in [5.41, 5.74) is 2.99. The number of hydrogen-bond donors (Lipinski definition) is 2. The first-order chi connectivity index (χ1) is 12.0. The lowest BCUT2D eigenvalue weighted by molar-refractivity contribution is 0.255. The lowest BCUT2D eigenvalue weighted by Gasteiger charge is -2.33. The zero-order valence-corrected chi connectivity index (χ0v) is 15.0. The molecule has 6 heteroatoms. The molecular formula is C19H25N5O. The first-order valence-electron chi connectivity index (χ1n) is 8.69. The largest absolute Gasteiger partial charge is 0.323 e. The highest BCUT2D eigenvalue weighted by Crippen LogP contribution is 2.42. The highest BCUT2D eigenvalue weighted by Gasteiger charge is 2.32. The Balaban J connectivity index is 1.82. The van der Waals surface area contributed by atoms with Gasteiger partial charge in [0, 0.05) is 24.9 Å². The molecule has 1 saturated carbocycles. The maximum Gasteiger partial charge on any atom is 0.323 e. The van der Waals surface area contributed by atoms with Crippen molar-refractivity contribution in [2.24, 2.45) is 13.0 Å². The maximum atomic E-state index is 12.0. The van der Waals surface area contributed by atoms with Gasteiger partial charge in [-0.3, -0.25) is 0 Å². The zero-order chi connectivity index (χ0) is 17.8. The fourth-order valence-corrected chi connectivity index (χ4v) is 3.17. The van der Waals surface area contributed by atoms with E-state index in [1.54, 1.807) is 12.5 Å². The van der Waals surface area contributed by atoms with Crippen LogP contribution in [0.3, 0.4) is 0 Å². The molecule has 6 nitrogen and oxygen atoms in total. The van der Waals surface area contributed by atoms with E-state index in [9.17, 15) is 4.79 Å². The minimum atomic E-state index is -0.239. The van der Waals surface area contributed by atoms with E-state index in [2.05, 4.69) is 26.9 Å². The van der Waals surface area contributed by atoms with Gasteiger partial charge in [0.25, 0.3) is 0 Å². The summed E-state index contributed by atoms with van der Waals surface area (Å²) in [6.45, 7) is 3.87. The number of carbonyl (C=O) groups excluding carboxylic acids is 1. The van der Waals surface area contributed by atoms with Crippen LogP contribution >= 0.6 is 0 Å². The van der Waals surface area contributed by atoms with Crippen molar-refractivity contribution < 1.29 is 4.79 Å². The van der Waals surface area contributed by atoms with Crippen LogP contribution in [0.2, 0.25) is 0 Å². The molecule has 2 N–H and O–H groups in total. The van der Waals surface area contributed by atoms with Crippen molar-refractivity contribution in [3.63, 3.8) is 0 Å². The van der Waals surface area contributed by atoms with Crippen molar-refractivity contribution in [3.8, 4) is 0 Å². The second-order valence-electron chi connectivity index (χ2n) is 6.91. The number of rotatable bonds is 5. The van der Waals surface area contributed by atoms with E-state index in [4.69, 9.17) is 0 Å². The van der Waals surface area contributed by atoms with Crippen LogP contribution in [0.4, 0.5) is 10.5 Å². The van der Waals surface area contributed by atoms with E-state index in [-0.39, 0.29) is 11.9 Å². The molecule has 132 valence electrons. The van der Waals surface area contributed by atoms with Crippen LogP contribution in [-0.2, 0) is 7.05 Å². The topological polar surface area (TPSA) is 71.8 Å². The third-order valence-corrected chi connectivity index (χ3v) is 4.64. The van der Waals surface area contributed by atoms with Crippen molar-refractivity contribution in [1.29, 1.82) is 0 Å². The van der Waals surface area contributed by atoms with Crippen LogP contribution < -0.4 is 10.6 Å². The molecule has 0 bridgehead atoms. The Bertz CT molecular complexity index is 772. The number of allylic oxidation sites excluding steroid dienone is 1. The highest BCUT2D eigenvalue weighted by atomic mass is 16.2. The van der Waals surface area contributed by atoms with Gasteiger partial charge in [-0.05, 0) is 50.3 Å². The minimum Gasteiger partial charge on any atom is -0.320 e. The lowest BCUT2D eigenvalue weighted by Crippen LogP contribution is -2.25. The second-order valence-corrected chi connectivity index (χ2v) is 6.91. The van der Waals surface area contributed by atoms with E-state index < -0.39 is 0 Å². The Morgan fingerprint density at radius 2 is 2.16 bits per heavy atom. The fourth-order valence-electron chi connectivity index (χ4n) is 3.17. The lowest BCUT2D eigenvalue weighted by atomic mass is 9.72. The van der Waals surface area contributed by atoms with Crippen LogP contribution in [0.5, 0.6) is 0 Å². The van der Waals surface area contributed by atoms with Gasteiger partial charge in [-0.2, -0.15) is 0 Å². The molecule has 1 atom stereocenters. The van der Waals surface area contributed by atoms with Crippen LogP contribution in [0.15, 0.2) is 42.4 Å².